The topological polar surface area (TPSA) is 75.6 Å². The number of carbonyl (C=O) groups excluding carboxylic acids is 1. The molecule has 0 unspecified atom stereocenters. The number of carboxylic acids is 1. The zero-order valence-electron chi connectivity index (χ0n) is 22.9. The van der Waals surface area contributed by atoms with E-state index in [9.17, 15) is 14.7 Å². The SMILES string of the molecule is CC1(C)CNC[C@@](F)(C(=O)C[C@@H]2CC[C@@H](Oc3ccc(CC(=O)O)cc3-c3cccc(F)c3C3CCC3)C2)C1. The molecule has 1 aliphatic heterocycles. The summed E-state index contributed by atoms with van der Waals surface area (Å²) < 4.78 is 37.1. The van der Waals surface area contributed by atoms with Crippen LogP contribution < -0.4 is 10.1 Å². The Labute approximate surface area is 229 Å². The first-order valence-corrected chi connectivity index (χ1v) is 14.3. The van der Waals surface area contributed by atoms with Crippen molar-refractivity contribution in [1.82, 2.24) is 5.32 Å². The molecule has 39 heavy (non-hydrogen) atoms. The van der Waals surface area contributed by atoms with Crippen molar-refractivity contribution >= 4 is 11.8 Å². The summed E-state index contributed by atoms with van der Waals surface area (Å²) in [4.78, 5) is 24.4. The first-order chi connectivity index (χ1) is 18.5. The van der Waals surface area contributed by atoms with Gasteiger partial charge in [-0.1, -0.05) is 38.5 Å². The highest BCUT2D eigenvalue weighted by atomic mass is 19.1. The monoisotopic (exact) mass is 539 g/mol. The minimum Gasteiger partial charge on any atom is -0.490 e. The van der Waals surface area contributed by atoms with Crippen LogP contribution in [0.5, 0.6) is 5.75 Å². The molecule has 1 heterocycles. The lowest BCUT2D eigenvalue weighted by atomic mass is 9.74. The number of ether oxygens (including phenoxy) is 1. The van der Waals surface area contributed by atoms with E-state index < -0.39 is 11.6 Å². The van der Waals surface area contributed by atoms with Crippen LogP contribution in [-0.4, -0.2) is 41.7 Å². The van der Waals surface area contributed by atoms with Gasteiger partial charge in [-0.3, -0.25) is 9.59 Å². The van der Waals surface area contributed by atoms with Gasteiger partial charge in [-0.25, -0.2) is 8.78 Å². The second-order valence-corrected chi connectivity index (χ2v) is 12.7. The summed E-state index contributed by atoms with van der Waals surface area (Å²) in [5.74, 6) is -0.712. The average Bonchev–Trinajstić information content (AvgIpc) is 3.26. The minimum absolute atomic E-state index is 0.0506. The number of piperidine rings is 1. The highest BCUT2D eigenvalue weighted by Crippen LogP contribution is 2.46. The number of hydrogen-bond acceptors (Lipinski definition) is 4. The summed E-state index contributed by atoms with van der Waals surface area (Å²) in [6, 6.07) is 10.4. The lowest BCUT2D eigenvalue weighted by Gasteiger charge is -2.39. The summed E-state index contributed by atoms with van der Waals surface area (Å²) in [6.07, 6.45) is 5.26. The first-order valence-electron chi connectivity index (χ1n) is 14.3. The number of halogens is 2. The van der Waals surface area contributed by atoms with E-state index in [2.05, 4.69) is 5.32 Å². The van der Waals surface area contributed by atoms with E-state index in [-0.39, 0.29) is 60.8 Å². The van der Waals surface area contributed by atoms with Crippen molar-refractivity contribution in [2.24, 2.45) is 11.3 Å². The van der Waals surface area contributed by atoms with Gasteiger partial charge in [0.15, 0.2) is 11.5 Å². The molecule has 5 rings (SSSR count). The molecule has 0 bridgehead atoms. The minimum atomic E-state index is -1.83. The van der Waals surface area contributed by atoms with E-state index >= 15 is 8.78 Å². The van der Waals surface area contributed by atoms with Crippen LogP contribution in [0.3, 0.4) is 0 Å². The molecule has 2 aliphatic carbocycles. The van der Waals surface area contributed by atoms with E-state index in [0.717, 1.165) is 37.7 Å². The fraction of sp³-hybridized carbons (Fsp3) is 0.562. The maximum absolute atomic E-state index is 15.6. The molecule has 7 heteroatoms. The number of carboxylic acid groups (broad SMARTS) is 1. The third kappa shape index (κ3) is 6.19. The summed E-state index contributed by atoms with van der Waals surface area (Å²) in [5, 5.41) is 12.4. The van der Waals surface area contributed by atoms with Gasteiger partial charge in [0.1, 0.15) is 11.6 Å². The molecule has 3 atom stereocenters. The quantitative estimate of drug-likeness (QED) is 0.375. The number of ketones is 1. The van der Waals surface area contributed by atoms with Crippen LogP contribution in [0.4, 0.5) is 8.78 Å². The molecule has 0 radical (unpaired) electrons. The zero-order chi connectivity index (χ0) is 27.8. The largest absolute Gasteiger partial charge is 0.490 e. The predicted molar refractivity (Wildman–Crippen MR) is 146 cm³/mol. The van der Waals surface area contributed by atoms with Crippen LogP contribution in [0.2, 0.25) is 0 Å². The van der Waals surface area contributed by atoms with Crippen LogP contribution in [0, 0.1) is 17.2 Å². The lowest BCUT2D eigenvalue weighted by molar-refractivity contribution is -0.136. The average molecular weight is 540 g/mol. The van der Waals surface area contributed by atoms with Crippen molar-refractivity contribution in [3.63, 3.8) is 0 Å². The smallest absolute Gasteiger partial charge is 0.307 e. The lowest BCUT2D eigenvalue weighted by Crippen LogP contribution is -2.54. The Balaban J connectivity index is 1.34. The Hall–Kier alpha value is -2.80. The molecule has 0 spiro atoms. The maximum atomic E-state index is 15.6. The van der Waals surface area contributed by atoms with Gasteiger partial charge < -0.3 is 15.2 Å². The second-order valence-electron chi connectivity index (χ2n) is 12.7. The molecule has 3 fully saturated rings. The number of hydrogen-bond donors (Lipinski definition) is 2. The fourth-order valence-corrected chi connectivity index (χ4v) is 6.68. The predicted octanol–water partition coefficient (Wildman–Crippen LogP) is 6.62. The molecule has 2 aromatic rings. The maximum Gasteiger partial charge on any atom is 0.307 e. The zero-order valence-corrected chi connectivity index (χ0v) is 22.9. The Kier molecular flexibility index (Phi) is 7.82. The summed E-state index contributed by atoms with van der Waals surface area (Å²) in [7, 11) is 0. The van der Waals surface area contributed by atoms with E-state index in [1.807, 2.05) is 19.9 Å². The first kappa shape index (κ1) is 27.8. The Morgan fingerprint density at radius 1 is 1.08 bits per heavy atom. The van der Waals surface area contributed by atoms with E-state index in [0.29, 0.717) is 35.4 Å². The van der Waals surface area contributed by atoms with Crippen LogP contribution in [0.15, 0.2) is 36.4 Å². The second kappa shape index (κ2) is 11.0. The summed E-state index contributed by atoms with van der Waals surface area (Å²) >= 11 is 0. The summed E-state index contributed by atoms with van der Waals surface area (Å²) in [5.41, 5.74) is 0.659. The molecule has 210 valence electrons. The van der Waals surface area contributed by atoms with Crippen molar-refractivity contribution in [2.75, 3.05) is 13.1 Å². The molecular weight excluding hydrogens is 500 g/mol. The third-order valence-electron chi connectivity index (χ3n) is 8.78. The van der Waals surface area contributed by atoms with Crippen molar-refractivity contribution in [2.45, 2.75) is 89.3 Å². The molecule has 2 aromatic carbocycles. The number of benzene rings is 2. The van der Waals surface area contributed by atoms with Gasteiger partial charge in [-0.15, -0.1) is 0 Å². The van der Waals surface area contributed by atoms with E-state index in [1.54, 1.807) is 24.3 Å². The van der Waals surface area contributed by atoms with Crippen molar-refractivity contribution < 1.29 is 28.2 Å². The number of carbonyl (C=O) groups is 2. The molecule has 0 amide bonds. The molecule has 5 nitrogen and oxygen atoms in total. The van der Waals surface area contributed by atoms with Crippen LogP contribution in [0.25, 0.3) is 11.1 Å². The van der Waals surface area contributed by atoms with Gasteiger partial charge >= 0.3 is 5.97 Å². The van der Waals surface area contributed by atoms with Crippen LogP contribution >= 0.6 is 0 Å². The van der Waals surface area contributed by atoms with Crippen LogP contribution in [0.1, 0.15) is 82.3 Å². The Morgan fingerprint density at radius 2 is 1.87 bits per heavy atom. The Bertz CT molecular complexity index is 1240. The standard InChI is InChI=1S/C32H39F2NO4/c1-31(2)17-32(34,19-35-18-31)28(36)15-20-9-11-23(13-20)39-27-12-10-21(16-29(37)38)14-25(27)24-7-4-8-26(33)30(24)22-5-3-6-22/h4,7-8,10,12,14,20,22-23,35H,3,5-6,9,11,13,15-19H2,1-2H3,(H,37,38)/t20-,23-,32-/m1/s1. The molecule has 1 saturated heterocycles. The third-order valence-corrected chi connectivity index (χ3v) is 8.78. The number of aliphatic carboxylic acids is 1. The summed E-state index contributed by atoms with van der Waals surface area (Å²) in [6.45, 7) is 4.74. The van der Waals surface area contributed by atoms with Crippen LogP contribution in [-0.2, 0) is 16.0 Å². The van der Waals surface area contributed by atoms with Gasteiger partial charge in [0.05, 0.1) is 12.5 Å². The number of rotatable bonds is 9. The number of nitrogens with one attached hydrogen (secondary N) is 1. The van der Waals surface area contributed by atoms with Crippen molar-refractivity contribution in [1.29, 1.82) is 0 Å². The van der Waals surface area contributed by atoms with Crippen molar-refractivity contribution in [3.8, 4) is 16.9 Å². The molecule has 3 aliphatic rings. The Morgan fingerprint density at radius 3 is 2.56 bits per heavy atom. The molecular formula is C32H39F2NO4. The van der Waals surface area contributed by atoms with Gasteiger partial charge in [0, 0.05) is 25.1 Å². The van der Waals surface area contributed by atoms with E-state index in [4.69, 9.17) is 4.74 Å². The fourth-order valence-electron chi connectivity index (χ4n) is 6.68. The van der Waals surface area contributed by atoms with E-state index in [1.165, 1.54) is 6.07 Å². The highest BCUT2D eigenvalue weighted by molar-refractivity contribution is 5.88. The van der Waals surface area contributed by atoms with Gasteiger partial charge in [0.2, 0.25) is 0 Å². The normalized spacial score (nSPS) is 26.7. The van der Waals surface area contributed by atoms with Gasteiger partial charge in [-0.2, -0.15) is 0 Å². The van der Waals surface area contributed by atoms with Gasteiger partial charge in [-0.05, 0) is 90.7 Å². The van der Waals surface area contributed by atoms with Crippen molar-refractivity contribution in [3.05, 3.63) is 53.3 Å². The molecule has 0 aromatic heterocycles. The highest BCUT2D eigenvalue weighted by Gasteiger charge is 2.46. The molecule has 2 N–H and O–H groups in total. The van der Waals surface area contributed by atoms with Gasteiger partial charge in [0.25, 0.3) is 0 Å². The molecule has 2 saturated carbocycles. The number of Topliss-reactive ketones (excluding diaryl/α,β-unsaturated/α-hetero) is 1. The number of alkyl halides is 1.